The van der Waals surface area contributed by atoms with Crippen LogP contribution in [0.5, 0.6) is 0 Å². The van der Waals surface area contributed by atoms with E-state index in [9.17, 15) is 4.79 Å². The largest absolute Gasteiger partial charge is 0.376 e. The van der Waals surface area contributed by atoms with Crippen molar-refractivity contribution in [2.24, 2.45) is 0 Å². The van der Waals surface area contributed by atoms with Gasteiger partial charge in [-0.05, 0) is 25.3 Å². The second-order valence-electron chi connectivity index (χ2n) is 4.11. The molecule has 1 fully saturated rings. The molecule has 1 aromatic heterocycles. The Morgan fingerprint density at radius 3 is 3.06 bits per heavy atom. The highest BCUT2D eigenvalue weighted by atomic mass is 35.5. The number of hydrogen-bond acceptors (Lipinski definition) is 2. The van der Waals surface area contributed by atoms with Crippen molar-refractivity contribution in [3.63, 3.8) is 0 Å². The van der Waals surface area contributed by atoms with Gasteiger partial charge in [-0.25, -0.2) is 0 Å². The van der Waals surface area contributed by atoms with Crippen LogP contribution in [0.1, 0.15) is 24.8 Å². The number of nitrogens with zero attached hydrogens (tertiary/aromatic N) is 1. The topological polar surface area (TPSA) is 31.2 Å². The van der Waals surface area contributed by atoms with E-state index in [1.54, 1.807) is 16.8 Å². The van der Waals surface area contributed by atoms with E-state index in [1.807, 2.05) is 6.07 Å². The van der Waals surface area contributed by atoms with Gasteiger partial charge in [-0.15, -0.1) is 11.6 Å². The Balaban J connectivity index is 2.11. The maximum atomic E-state index is 11.9. The molecule has 0 aromatic carbocycles. The summed E-state index contributed by atoms with van der Waals surface area (Å²) in [6, 6.07) is 3.63. The first-order valence-electron chi connectivity index (χ1n) is 5.67. The third-order valence-electron chi connectivity index (χ3n) is 2.92. The van der Waals surface area contributed by atoms with Gasteiger partial charge < -0.3 is 9.30 Å². The van der Waals surface area contributed by atoms with Gasteiger partial charge in [0.05, 0.1) is 18.5 Å². The van der Waals surface area contributed by atoms with Crippen molar-refractivity contribution in [2.75, 3.05) is 6.61 Å². The molecule has 16 heavy (non-hydrogen) atoms. The summed E-state index contributed by atoms with van der Waals surface area (Å²) in [6.45, 7) is 1.46. The van der Waals surface area contributed by atoms with Gasteiger partial charge in [0.15, 0.2) is 0 Å². The summed E-state index contributed by atoms with van der Waals surface area (Å²) in [4.78, 5) is 11.9. The highest BCUT2D eigenvalue weighted by molar-refractivity contribution is 6.17. The summed E-state index contributed by atoms with van der Waals surface area (Å²) in [5, 5.41) is 0. The third kappa shape index (κ3) is 2.66. The van der Waals surface area contributed by atoms with Gasteiger partial charge in [0.25, 0.3) is 5.56 Å². The van der Waals surface area contributed by atoms with E-state index >= 15 is 0 Å². The lowest BCUT2D eigenvalue weighted by Crippen LogP contribution is -2.31. The maximum Gasteiger partial charge on any atom is 0.255 e. The fourth-order valence-corrected chi connectivity index (χ4v) is 2.21. The lowest BCUT2D eigenvalue weighted by Gasteiger charge is -2.23. The summed E-state index contributed by atoms with van der Waals surface area (Å²) in [7, 11) is 0. The Hall–Kier alpha value is -0.800. The molecule has 0 saturated carbocycles. The van der Waals surface area contributed by atoms with Crippen LogP contribution in [0.25, 0.3) is 0 Å². The first kappa shape index (κ1) is 11.7. The fraction of sp³-hybridized carbons (Fsp3) is 0.583. The molecule has 1 saturated heterocycles. The highest BCUT2D eigenvalue weighted by Crippen LogP contribution is 2.13. The molecule has 1 aliphatic rings. The van der Waals surface area contributed by atoms with Crippen molar-refractivity contribution in [2.45, 2.75) is 37.8 Å². The number of halogens is 1. The molecule has 1 aromatic rings. The zero-order valence-corrected chi connectivity index (χ0v) is 9.95. The predicted octanol–water partition coefficient (Wildman–Crippen LogP) is 2.16. The van der Waals surface area contributed by atoms with E-state index in [-0.39, 0.29) is 17.5 Å². The minimum absolute atomic E-state index is 0.00618. The molecule has 3 nitrogen and oxygen atoms in total. The molecule has 4 heteroatoms. The zero-order chi connectivity index (χ0) is 11.4. The normalized spacial score (nSPS) is 20.9. The SMILES string of the molecule is O=c1c(CCl)cccn1C[C@@H]1CCCCO1. The second-order valence-corrected chi connectivity index (χ2v) is 4.38. The summed E-state index contributed by atoms with van der Waals surface area (Å²) < 4.78 is 7.32. The van der Waals surface area contributed by atoms with E-state index in [0.717, 1.165) is 19.4 Å². The van der Waals surface area contributed by atoms with Gasteiger partial charge in [0, 0.05) is 18.4 Å². The van der Waals surface area contributed by atoms with Crippen LogP contribution in [0.2, 0.25) is 0 Å². The molecule has 0 bridgehead atoms. The van der Waals surface area contributed by atoms with Crippen LogP contribution in [0.15, 0.2) is 23.1 Å². The number of alkyl halides is 1. The van der Waals surface area contributed by atoms with E-state index in [2.05, 4.69) is 0 Å². The maximum absolute atomic E-state index is 11.9. The molecule has 2 rings (SSSR count). The molecule has 1 atom stereocenters. The van der Waals surface area contributed by atoms with Crippen LogP contribution in [0.4, 0.5) is 0 Å². The average molecular weight is 242 g/mol. The van der Waals surface area contributed by atoms with Crippen molar-refractivity contribution < 1.29 is 4.74 Å². The molecule has 0 spiro atoms. The van der Waals surface area contributed by atoms with Crippen molar-refractivity contribution >= 4 is 11.6 Å². The van der Waals surface area contributed by atoms with E-state index in [1.165, 1.54) is 6.42 Å². The second kappa shape index (κ2) is 5.51. The number of hydrogen-bond donors (Lipinski definition) is 0. The van der Waals surface area contributed by atoms with Crippen LogP contribution < -0.4 is 5.56 Å². The molecule has 1 aliphatic heterocycles. The van der Waals surface area contributed by atoms with Gasteiger partial charge in [0.1, 0.15) is 0 Å². The number of pyridine rings is 1. The molecule has 0 radical (unpaired) electrons. The van der Waals surface area contributed by atoms with Crippen molar-refractivity contribution in [3.8, 4) is 0 Å². The highest BCUT2D eigenvalue weighted by Gasteiger charge is 2.15. The Labute approximate surface area is 100.0 Å². The minimum atomic E-state index is 0.00618. The van der Waals surface area contributed by atoms with Crippen molar-refractivity contribution in [1.29, 1.82) is 0 Å². The predicted molar refractivity (Wildman–Crippen MR) is 63.9 cm³/mol. The zero-order valence-electron chi connectivity index (χ0n) is 9.19. The van der Waals surface area contributed by atoms with Crippen LogP contribution >= 0.6 is 11.6 Å². The molecular weight excluding hydrogens is 226 g/mol. The van der Waals surface area contributed by atoms with Crippen LogP contribution in [-0.2, 0) is 17.2 Å². The average Bonchev–Trinajstić information content (AvgIpc) is 2.33. The quantitative estimate of drug-likeness (QED) is 0.760. The lowest BCUT2D eigenvalue weighted by molar-refractivity contribution is 0.00540. The fourth-order valence-electron chi connectivity index (χ4n) is 2.00. The van der Waals surface area contributed by atoms with E-state index in [0.29, 0.717) is 12.1 Å². The standard InChI is InChI=1S/C12H16ClNO2/c13-8-10-4-3-6-14(12(10)15)9-11-5-1-2-7-16-11/h3-4,6,11H,1-2,5,7-9H2/t11-/m0/s1. The Morgan fingerprint density at radius 2 is 2.38 bits per heavy atom. The molecule has 0 amide bonds. The summed E-state index contributed by atoms with van der Waals surface area (Å²) in [5.74, 6) is 0.269. The summed E-state index contributed by atoms with van der Waals surface area (Å²) >= 11 is 5.70. The van der Waals surface area contributed by atoms with E-state index in [4.69, 9.17) is 16.3 Å². The molecule has 2 heterocycles. The van der Waals surface area contributed by atoms with Gasteiger partial charge in [-0.2, -0.15) is 0 Å². The van der Waals surface area contributed by atoms with Gasteiger partial charge in [0.2, 0.25) is 0 Å². The molecule has 88 valence electrons. The Kier molecular flexibility index (Phi) is 4.02. The summed E-state index contributed by atoms with van der Waals surface area (Å²) in [6.07, 6.45) is 5.34. The molecule has 0 N–H and O–H groups in total. The van der Waals surface area contributed by atoms with Gasteiger partial charge >= 0.3 is 0 Å². The van der Waals surface area contributed by atoms with Gasteiger partial charge in [-0.3, -0.25) is 4.79 Å². The van der Waals surface area contributed by atoms with E-state index < -0.39 is 0 Å². The third-order valence-corrected chi connectivity index (χ3v) is 3.21. The summed E-state index contributed by atoms with van der Waals surface area (Å²) in [5.41, 5.74) is 0.659. The first-order valence-corrected chi connectivity index (χ1v) is 6.20. The monoisotopic (exact) mass is 241 g/mol. The molecular formula is C12H16ClNO2. The minimum Gasteiger partial charge on any atom is -0.376 e. The molecule has 0 unspecified atom stereocenters. The van der Waals surface area contributed by atoms with Crippen LogP contribution in [0, 0.1) is 0 Å². The smallest absolute Gasteiger partial charge is 0.255 e. The molecule has 0 aliphatic carbocycles. The van der Waals surface area contributed by atoms with Gasteiger partial charge in [-0.1, -0.05) is 6.07 Å². The Bertz CT molecular complexity index is 396. The van der Waals surface area contributed by atoms with Crippen LogP contribution in [-0.4, -0.2) is 17.3 Å². The lowest BCUT2D eigenvalue weighted by atomic mass is 10.1. The van der Waals surface area contributed by atoms with Crippen molar-refractivity contribution in [1.82, 2.24) is 4.57 Å². The van der Waals surface area contributed by atoms with Crippen LogP contribution in [0.3, 0.4) is 0 Å². The number of rotatable bonds is 3. The Morgan fingerprint density at radius 1 is 1.50 bits per heavy atom. The van der Waals surface area contributed by atoms with Crippen molar-refractivity contribution in [3.05, 3.63) is 34.2 Å². The number of ether oxygens (including phenoxy) is 1. The first-order chi connectivity index (χ1) is 7.81. The number of aromatic nitrogens is 1.